The lowest BCUT2D eigenvalue weighted by Crippen LogP contribution is -2.09. The molecule has 17 nitrogen and oxygen atoms in total. The fourth-order valence-electron chi connectivity index (χ4n) is 4.90. The summed E-state index contributed by atoms with van der Waals surface area (Å²) in [5.41, 5.74) is 17.2. The molecule has 0 aliphatic heterocycles. The Morgan fingerprint density at radius 3 is 1.65 bits per heavy atom. The quantitative estimate of drug-likeness (QED) is 0.0807. The number of hydrogen-bond acceptors (Lipinski definition) is 15. The number of nitrogens with zero attached hydrogens (tertiary/aromatic N) is 8. The van der Waals surface area contributed by atoms with Gasteiger partial charge in [-0.25, -0.2) is 14.8 Å². The number of fused-ring (bicyclic) bond motifs is 2. The molecule has 6 aromatic rings. The Bertz CT molecular complexity index is 2160. The molecule has 0 saturated carbocycles. The highest BCUT2D eigenvalue weighted by atomic mass is 79.9. The first-order valence-corrected chi connectivity index (χ1v) is 17.2. The lowest BCUT2D eigenvalue weighted by molar-refractivity contribution is 0.0600. The maximum Gasteiger partial charge on any atom is 0.337 e. The van der Waals surface area contributed by atoms with Crippen molar-refractivity contribution < 1.29 is 33.6 Å². The number of hydrogen-bond donors (Lipinski definition) is 3. The van der Waals surface area contributed by atoms with E-state index in [2.05, 4.69) is 61.8 Å². The summed E-state index contributed by atoms with van der Waals surface area (Å²) in [4.78, 5) is 37.6. The van der Waals surface area contributed by atoms with Crippen molar-refractivity contribution >= 4 is 71.8 Å². The van der Waals surface area contributed by atoms with E-state index in [0.29, 0.717) is 76.9 Å². The van der Waals surface area contributed by atoms with Gasteiger partial charge in [0.05, 0.1) is 45.6 Å². The van der Waals surface area contributed by atoms with Crippen molar-refractivity contribution in [2.45, 2.75) is 19.7 Å². The van der Waals surface area contributed by atoms with Gasteiger partial charge in [-0.15, -0.1) is 0 Å². The van der Waals surface area contributed by atoms with Crippen LogP contribution in [0.15, 0.2) is 58.0 Å². The van der Waals surface area contributed by atoms with E-state index in [0.717, 1.165) is 16.7 Å². The molecule has 19 heteroatoms. The van der Waals surface area contributed by atoms with Crippen molar-refractivity contribution in [3.05, 3.63) is 80.3 Å². The summed E-state index contributed by atoms with van der Waals surface area (Å²) in [6, 6.07) is 15.1. The van der Waals surface area contributed by atoms with Crippen molar-refractivity contribution in [3.63, 3.8) is 0 Å². The number of rotatable bonds is 14. The van der Waals surface area contributed by atoms with Gasteiger partial charge < -0.3 is 40.3 Å². The highest BCUT2D eigenvalue weighted by Gasteiger charge is 2.18. The Kier molecular flexibility index (Phi) is 13.3. The molecule has 6 rings (SSSR count). The molecule has 5 N–H and O–H groups in total. The largest absolute Gasteiger partial charge is 0.465 e. The van der Waals surface area contributed by atoms with E-state index >= 15 is 0 Å². The molecule has 0 aliphatic rings. The summed E-state index contributed by atoms with van der Waals surface area (Å²) in [7, 11) is 4.52. The van der Waals surface area contributed by atoms with Gasteiger partial charge >= 0.3 is 18.0 Å². The van der Waals surface area contributed by atoms with Gasteiger partial charge in [0.2, 0.25) is 0 Å². The Hall–Kier alpha value is -4.95. The molecular weight excluding hydrogens is 808 g/mol. The maximum atomic E-state index is 11.7. The number of ether oxygens (including phenoxy) is 5. The van der Waals surface area contributed by atoms with E-state index in [4.69, 9.17) is 35.2 Å². The number of imidazole rings is 2. The number of aliphatic hydroxyl groups excluding tert-OH is 1. The van der Waals surface area contributed by atoms with Crippen LogP contribution >= 0.6 is 31.9 Å². The minimum absolute atomic E-state index is 0.00765. The summed E-state index contributed by atoms with van der Waals surface area (Å²) in [6.45, 7) is 2.39. The summed E-state index contributed by atoms with van der Waals surface area (Å²) in [5, 5.41) is 9.30. The van der Waals surface area contributed by atoms with Crippen LogP contribution in [0, 0.1) is 0 Å². The van der Waals surface area contributed by atoms with Crippen molar-refractivity contribution in [1.29, 1.82) is 0 Å². The van der Waals surface area contributed by atoms with Crippen LogP contribution in [0.3, 0.4) is 0 Å². The van der Waals surface area contributed by atoms with Crippen LogP contribution in [0.4, 0.5) is 11.6 Å². The van der Waals surface area contributed by atoms with Gasteiger partial charge in [-0.2, -0.15) is 19.9 Å². The van der Waals surface area contributed by atoms with Gasteiger partial charge in [0.15, 0.2) is 43.4 Å². The molecule has 0 spiro atoms. The molecule has 52 heavy (non-hydrogen) atoms. The van der Waals surface area contributed by atoms with E-state index in [-0.39, 0.29) is 30.3 Å². The van der Waals surface area contributed by atoms with Gasteiger partial charge in [0.25, 0.3) is 0 Å². The molecule has 0 saturated heterocycles. The zero-order valence-electron chi connectivity index (χ0n) is 28.5. The summed E-state index contributed by atoms with van der Waals surface area (Å²) in [6.07, 6.45) is 0. The number of benzene rings is 2. The van der Waals surface area contributed by atoms with E-state index < -0.39 is 5.97 Å². The van der Waals surface area contributed by atoms with Crippen molar-refractivity contribution in [3.8, 4) is 12.0 Å². The number of halogens is 2. The number of nitrogen functional groups attached to an aromatic ring is 2. The third-order valence-corrected chi connectivity index (χ3v) is 8.56. The minimum Gasteiger partial charge on any atom is -0.465 e. The molecule has 0 aliphatic carbocycles. The summed E-state index contributed by atoms with van der Waals surface area (Å²) >= 11 is 6.87. The molecule has 0 unspecified atom stereocenters. The molecule has 0 bridgehead atoms. The second-order valence-electron chi connectivity index (χ2n) is 10.9. The Balaban J connectivity index is 0.000000202. The first kappa shape index (κ1) is 38.3. The maximum absolute atomic E-state index is 11.7. The van der Waals surface area contributed by atoms with Gasteiger partial charge in [-0.05, 0) is 60.7 Å². The number of esters is 1. The smallest absolute Gasteiger partial charge is 0.337 e. The summed E-state index contributed by atoms with van der Waals surface area (Å²) in [5.74, 6) is 0.0722. The monoisotopic (exact) mass is 842 g/mol. The highest BCUT2D eigenvalue weighted by molar-refractivity contribution is 9.10. The minimum atomic E-state index is -0.396. The van der Waals surface area contributed by atoms with Crippen molar-refractivity contribution in [2.75, 3.05) is 59.2 Å². The molecule has 274 valence electrons. The fraction of sp³-hybridized carbons (Fsp3) is 0.303. The molecule has 0 radical (unpaired) electrons. The van der Waals surface area contributed by atoms with E-state index in [1.807, 2.05) is 39.5 Å². The number of carbonyl (C=O) groups is 1. The molecule has 0 fully saturated rings. The second kappa shape index (κ2) is 18.0. The number of anilines is 2. The first-order valence-electron chi connectivity index (χ1n) is 15.6. The Labute approximate surface area is 314 Å². The van der Waals surface area contributed by atoms with E-state index in [1.165, 1.54) is 7.11 Å². The average Bonchev–Trinajstić information content (AvgIpc) is 3.63. The Morgan fingerprint density at radius 1 is 0.692 bits per heavy atom. The SMILES string of the molecule is COCCOc1nc(N)c2nc(Br)n(Cc3cccc(C(=O)OC)c3)c2n1.COCCOc1nc(N)c2nc(Br)n(Cc3cccc(CO)c3)c2n1. The zero-order chi connectivity index (χ0) is 37.2. The number of aromatic nitrogens is 8. The molecule has 0 amide bonds. The van der Waals surface area contributed by atoms with E-state index in [9.17, 15) is 9.90 Å². The van der Waals surface area contributed by atoms with Crippen LogP contribution in [-0.2, 0) is 33.9 Å². The van der Waals surface area contributed by atoms with Gasteiger partial charge in [0.1, 0.15) is 13.2 Å². The predicted molar refractivity (Wildman–Crippen MR) is 198 cm³/mol. The standard InChI is InChI=1S/C17H18BrN5O4.C16H18BrN5O3/c1-25-6-7-27-17-21-13(19)12-14(22-17)23(16(18)20-12)9-10-4-3-5-11(8-10)15(24)26-2;1-24-5-6-25-16-20-13(18)12-14(21-16)22(15(17)19-12)8-10-3-2-4-11(7-10)9-23/h3-5,8H,6-7,9H2,1-2H3,(H2,19,21,22);2-4,7,23H,5-6,8-9H2,1H3,(H2,18,20,21). The van der Waals surface area contributed by atoms with E-state index in [1.54, 1.807) is 32.4 Å². The van der Waals surface area contributed by atoms with Crippen LogP contribution in [-0.4, -0.2) is 97.9 Å². The highest BCUT2D eigenvalue weighted by Crippen LogP contribution is 2.27. The van der Waals surface area contributed by atoms with Crippen LogP contribution in [0.1, 0.15) is 27.0 Å². The predicted octanol–water partition coefficient (Wildman–Crippen LogP) is 3.77. The van der Waals surface area contributed by atoms with Gasteiger partial charge in [0, 0.05) is 14.2 Å². The van der Waals surface area contributed by atoms with Crippen molar-refractivity contribution in [2.24, 2.45) is 0 Å². The topological polar surface area (TPSA) is 223 Å². The third-order valence-electron chi connectivity index (χ3n) is 7.35. The lowest BCUT2D eigenvalue weighted by Gasteiger charge is -2.09. The molecule has 4 aromatic heterocycles. The van der Waals surface area contributed by atoms with Crippen LogP contribution in [0.5, 0.6) is 12.0 Å². The summed E-state index contributed by atoms with van der Waals surface area (Å²) < 4.78 is 30.4. The van der Waals surface area contributed by atoms with Crippen molar-refractivity contribution in [1.82, 2.24) is 39.0 Å². The Morgan fingerprint density at radius 2 is 1.17 bits per heavy atom. The lowest BCUT2D eigenvalue weighted by atomic mass is 10.1. The molecule has 0 atom stereocenters. The molecular formula is C33H36Br2N10O7. The number of aliphatic hydroxyl groups is 1. The molecule has 2 aromatic carbocycles. The van der Waals surface area contributed by atoms with Crippen LogP contribution in [0.2, 0.25) is 0 Å². The zero-order valence-corrected chi connectivity index (χ0v) is 31.6. The van der Waals surface area contributed by atoms with Gasteiger partial charge in [-0.1, -0.05) is 36.4 Å². The fourth-order valence-corrected chi connectivity index (χ4v) is 5.84. The number of nitrogens with two attached hydrogens (primary N) is 2. The second-order valence-corrected chi connectivity index (χ2v) is 12.3. The normalized spacial score (nSPS) is 11.0. The first-order chi connectivity index (χ1) is 25.1. The van der Waals surface area contributed by atoms with Crippen LogP contribution < -0.4 is 20.9 Å². The number of methoxy groups -OCH3 is 3. The third kappa shape index (κ3) is 9.28. The molecule has 4 heterocycles. The average molecular weight is 845 g/mol. The number of carbonyl (C=O) groups excluding carboxylic acids is 1. The van der Waals surface area contributed by atoms with Crippen LogP contribution in [0.25, 0.3) is 22.3 Å². The van der Waals surface area contributed by atoms with Gasteiger partial charge in [-0.3, -0.25) is 9.13 Å².